The van der Waals surface area contributed by atoms with Crippen LogP contribution >= 0.6 is 12.4 Å². The van der Waals surface area contributed by atoms with Gasteiger partial charge in [-0.25, -0.2) is 4.68 Å². The van der Waals surface area contributed by atoms with Crippen molar-refractivity contribution in [1.29, 1.82) is 0 Å². The largest absolute Gasteiger partial charge is 0.327 e. The summed E-state index contributed by atoms with van der Waals surface area (Å²) in [4.78, 5) is 12.7. The van der Waals surface area contributed by atoms with Crippen LogP contribution in [-0.4, -0.2) is 32.2 Å². The minimum Gasteiger partial charge on any atom is -0.327 e. The van der Waals surface area contributed by atoms with Gasteiger partial charge in [0.15, 0.2) is 0 Å². The summed E-state index contributed by atoms with van der Waals surface area (Å²) in [5.74, 6) is 1.17. The van der Waals surface area contributed by atoms with Crippen molar-refractivity contribution in [1.82, 2.24) is 20.2 Å². The number of nitrogens with one attached hydrogen (secondary N) is 1. The van der Waals surface area contributed by atoms with Gasteiger partial charge < -0.3 is 11.1 Å². The Kier molecular flexibility index (Phi) is 5.34. The number of nitrogens with zero attached hydrogens (tertiary/aromatic N) is 4. The molecule has 0 saturated heterocycles. The van der Waals surface area contributed by atoms with Gasteiger partial charge >= 0.3 is 0 Å². The Morgan fingerprint density at radius 3 is 2.68 bits per heavy atom. The highest BCUT2D eigenvalue weighted by Crippen LogP contribution is 2.42. The SMILES string of the molecule is Cl.NC1C2CCCC1CC(C(=O)Nc1cccc(-n3cnnn3)c1)C2. The number of aromatic nitrogens is 4. The Hall–Kier alpha value is -1.99. The summed E-state index contributed by atoms with van der Waals surface area (Å²) in [6, 6.07) is 7.84. The zero-order chi connectivity index (χ0) is 16.5. The summed E-state index contributed by atoms with van der Waals surface area (Å²) in [7, 11) is 0. The molecule has 0 aliphatic heterocycles. The molecule has 0 radical (unpaired) electrons. The maximum atomic E-state index is 12.7. The van der Waals surface area contributed by atoms with Gasteiger partial charge in [0.25, 0.3) is 0 Å². The molecule has 7 nitrogen and oxygen atoms in total. The highest BCUT2D eigenvalue weighted by molar-refractivity contribution is 5.92. The smallest absolute Gasteiger partial charge is 0.227 e. The van der Waals surface area contributed by atoms with E-state index in [0.717, 1.165) is 37.1 Å². The highest BCUT2D eigenvalue weighted by atomic mass is 35.5. The molecule has 1 aromatic heterocycles. The van der Waals surface area contributed by atoms with Gasteiger partial charge in [0, 0.05) is 17.6 Å². The number of anilines is 1. The molecule has 8 heteroatoms. The van der Waals surface area contributed by atoms with E-state index in [1.807, 2.05) is 24.3 Å². The van der Waals surface area contributed by atoms with Gasteiger partial charge in [-0.1, -0.05) is 12.5 Å². The lowest BCUT2D eigenvalue weighted by molar-refractivity contribution is -0.122. The number of carbonyl (C=O) groups is 1. The number of nitrogens with two attached hydrogens (primary N) is 1. The molecule has 25 heavy (non-hydrogen) atoms. The zero-order valence-corrected chi connectivity index (χ0v) is 14.7. The molecule has 2 aliphatic carbocycles. The molecule has 2 bridgehead atoms. The monoisotopic (exact) mass is 362 g/mol. The van der Waals surface area contributed by atoms with Crippen molar-refractivity contribution in [2.24, 2.45) is 23.5 Å². The van der Waals surface area contributed by atoms with E-state index in [2.05, 4.69) is 20.8 Å². The van der Waals surface area contributed by atoms with Crippen LogP contribution < -0.4 is 11.1 Å². The number of halogens is 1. The molecule has 134 valence electrons. The lowest BCUT2D eigenvalue weighted by atomic mass is 9.65. The molecule has 2 aliphatic rings. The van der Waals surface area contributed by atoms with Crippen LogP contribution in [0.3, 0.4) is 0 Å². The third-order valence-electron chi connectivity index (χ3n) is 5.51. The minimum absolute atomic E-state index is 0. The number of benzene rings is 1. The normalized spacial score (nSPS) is 28.0. The first-order valence-corrected chi connectivity index (χ1v) is 8.60. The average Bonchev–Trinajstić information content (AvgIpc) is 3.09. The maximum absolute atomic E-state index is 12.7. The predicted molar refractivity (Wildman–Crippen MR) is 96.6 cm³/mol. The third kappa shape index (κ3) is 3.67. The summed E-state index contributed by atoms with van der Waals surface area (Å²) in [6.07, 6.45) is 6.94. The Labute approximate surface area is 152 Å². The van der Waals surface area contributed by atoms with Crippen molar-refractivity contribution in [3.05, 3.63) is 30.6 Å². The standard InChI is InChI=1S/C17H22N6O.ClH/c18-16-11-3-1-4-12(16)8-13(7-11)17(24)20-14-5-2-6-15(9-14)23-10-19-21-22-23;/h2,5-6,9-13,16H,1,3-4,7-8,18H2,(H,20,24);1H. The molecule has 1 amide bonds. The van der Waals surface area contributed by atoms with Crippen molar-refractivity contribution in [3.63, 3.8) is 0 Å². The van der Waals surface area contributed by atoms with E-state index in [4.69, 9.17) is 5.73 Å². The number of carbonyl (C=O) groups excluding carboxylic acids is 1. The van der Waals surface area contributed by atoms with Crippen molar-refractivity contribution in [3.8, 4) is 5.69 Å². The van der Waals surface area contributed by atoms with Crippen LogP contribution in [0.15, 0.2) is 30.6 Å². The summed E-state index contributed by atoms with van der Waals surface area (Å²) in [6.45, 7) is 0. The Balaban J connectivity index is 0.00000182. The zero-order valence-electron chi connectivity index (χ0n) is 13.9. The van der Waals surface area contributed by atoms with E-state index < -0.39 is 0 Å². The van der Waals surface area contributed by atoms with E-state index in [1.165, 1.54) is 12.7 Å². The summed E-state index contributed by atoms with van der Waals surface area (Å²) in [5.41, 5.74) is 7.91. The number of hydrogen-bond donors (Lipinski definition) is 2. The van der Waals surface area contributed by atoms with E-state index in [-0.39, 0.29) is 30.3 Å². The summed E-state index contributed by atoms with van der Waals surface area (Å²) >= 11 is 0. The van der Waals surface area contributed by atoms with Crippen LogP contribution in [0.5, 0.6) is 0 Å². The lowest BCUT2D eigenvalue weighted by Crippen LogP contribution is -2.48. The molecule has 0 spiro atoms. The molecule has 2 aromatic rings. The topological polar surface area (TPSA) is 98.7 Å². The quantitative estimate of drug-likeness (QED) is 0.871. The van der Waals surface area contributed by atoms with Crippen LogP contribution in [0.4, 0.5) is 5.69 Å². The summed E-state index contributed by atoms with van der Waals surface area (Å²) in [5, 5.41) is 14.2. The van der Waals surface area contributed by atoms with Crippen molar-refractivity contribution >= 4 is 24.0 Å². The molecule has 3 N–H and O–H groups in total. The number of rotatable bonds is 3. The van der Waals surface area contributed by atoms with Gasteiger partial charge in [-0.05, 0) is 66.1 Å². The van der Waals surface area contributed by atoms with Gasteiger partial charge in [0.2, 0.25) is 5.91 Å². The van der Waals surface area contributed by atoms with Gasteiger partial charge in [0.1, 0.15) is 6.33 Å². The summed E-state index contributed by atoms with van der Waals surface area (Å²) < 4.78 is 1.57. The van der Waals surface area contributed by atoms with Gasteiger partial charge in [-0.15, -0.1) is 17.5 Å². The Morgan fingerprint density at radius 2 is 2.00 bits per heavy atom. The Morgan fingerprint density at radius 1 is 1.24 bits per heavy atom. The van der Waals surface area contributed by atoms with E-state index >= 15 is 0 Å². The fraction of sp³-hybridized carbons (Fsp3) is 0.529. The fourth-order valence-corrected chi connectivity index (χ4v) is 4.25. The lowest BCUT2D eigenvalue weighted by Gasteiger charge is -2.43. The second-order valence-corrected chi connectivity index (χ2v) is 6.99. The first-order chi connectivity index (χ1) is 11.7. The van der Waals surface area contributed by atoms with E-state index in [9.17, 15) is 4.79 Å². The highest BCUT2D eigenvalue weighted by Gasteiger charge is 2.40. The number of hydrogen-bond acceptors (Lipinski definition) is 5. The van der Waals surface area contributed by atoms with E-state index in [0.29, 0.717) is 11.8 Å². The van der Waals surface area contributed by atoms with Crippen molar-refractivity contribution in [2.75, 3.05) is 5.32 Å². The second kappa shape index (κ2) is 7.49. The first kappa shape index (κ1) is 17.8. The third-order valence-corrected chi connectivity index (χ3v) is 5.51. The molecular weight excluding hydrogens is 340 g/mol. The van der Waals surface area contributed by atoms with Gasteiger partial charge in [0.05, 0.1) is 5.69 Å². The van der Waals surface area contributed by atoms with Crippen molar-refractivity contribution < 1.29 is 4.79 Å². The van der Waals surface area contributed by atoms with Gasteiger partial charge in [-0.2, -0.15) is 0 Å². The first-order valence-electron chi connectivity index (χ1n) is 8.60. The van der Waals surface area contributed by atoms with Crippen LogP contribution in [-0.2, 0) is 4.79 Å². The van der Waals surface area contributed by atoms with Crippen LogP contribution in [0, 0.1) is 17.8 Å². The average molecular weight is 363 g/mol. The molecular formula is C17H23ClN6O. The van der Waals surface area contributed by atoms with Crippen LogP contribution in [0.25, 0.3) is 5.69 Å². The maximum Gasteiger partial charge on any atom is 0.227 e. The van der Waals surface area contributed by atoms with E-state index in [1.54, 1.807) is 4.68 Å². The molecule has 2 atom stereocenters. The predicted octanol–water partition coefficient (Wildman–Crippen LogP) is 2.18. The molecule has 2 unspecified atom stereocenters. The second-order valence-electron chi connectivity index (χ2n) is 6.99. The van der Waals surface area contributed by atoms with Crippen LogP contribution in [0.1, 0.15) is 32.1 Å². The van der Waals surface area contributed by atoms with Crippen LogP contribution in [0.2, 0.25) is 0 Å². The molecule has 1 heterocycles. The number of tetrazole rings is 1. The molecule has 2 saturated carbocycles. The molecule has 4 rings (SSSR count). The molecule has 1 aromatic carbocycles. The minimum atomic E-state index is 0. The number of fused-ring (bicyclic) bond motifs is 2. The fourth-order valence-electron chi connectivity index (χ4n) is 4.25. The molecule has 2 fully saturated rings. The van der Waals surface area contributed by atoms with Crippen molar-refractivity contribution in [2.45, 2.75) is 38.1 Å². The number of amides is 1. The van der Waals surface area contributed by atoms with Gasteiger partial charge in [-0.3, -0.25) is 4.79 Å². The Bertz CT molecular complexity index is 708.